The summed E-state index contributed by atoms with van der Waals surface area (Å²) >= 11 is 0. The standard InChI is InChI=1S/C20H27N3O4/c24-18(21-12-4-9-15-7-2-1-3-8-15)16-10-5-13-22(16)19(25)17-11-6-14-23(17)20(26)27/h1-3,7-8,16-17H,4-6,9-14H2,(H,21,24)(H,26,27)/t16-,17?/m0/s1. The topological polar surface area (TPSA) is 90.0 Å². The highest BCUT2D eigenvalue weighted by Crippen LogP contribution is 2.25. The Labute approximate surface area is 159 Å². The van der Waals surface area contributed by atoms with Crippen LogP contribution in [0.15, 0.2) is 30.3 Å². The summed E-state index contributed by atoms with van der Waals surface area (Å²) in [7, 11) is 0. The fourth-order valence-electron chi connectivity index (χ4n) is 4.01. The van der Waals surface area contributed by atoms with Gasteiger partial charge in [0.1, 0.15) is 12.1 Å². The highest BCUT2D eigenvalue weighted by molar-refractivity contribution is 5.92. The summed E-state index contributed by atoms with van der Waals surface area (Å²) < 4.78 is 0. The van der Waals surface area contributed by atoms with Gasteiger partial charge in [-0.05, 0) is 44.1 Å². The number of likely N-dealkylation sites (tertiary alicyclic amines) is 2. The summed E-state index contributed by atoms with van der Waals surface area (Å²) in [5.74, 6) is -0.356. The van der Waals surface area contributed by atoms with Crippen molar-refractivity contribution in [3.8, 4) is 0 Å². The molecule has 1 aromatic rings. The number of amides is 3. The van der Waals surface area contributed by atoms with E-state index in [-0.39, 0.29) is 11.8 Å². The number of carbonyl (C=O) groups is 3. The molecule has 0 bridgehead atoms. The Morgan fingerprint density at radius 3 is 2.37 bits per heavy atom. The minimum Gasteiger partial charge on any atom is -0.465 e. The van der Waals surface area contributed by atoms with Crippen LogP contribution >= 0.6 is 0 Å². The molecule has 146 valence electrons. The van der Waals surface area contributed by atoms with Crippen LogP contribution in [-0.4, -0.2) is 64.5 Å². The molecule has 2 aliphatic heterocycles. The van der Waals surface area contributed by atoms with Gasteiger partial charge in [-0.1, -0.05) is 30.3 Å². The van der Waals surface area contributed by atoms with Crippen LogP contribution in [0.2, 0.25) is 0 Å². The summed E-state index contributed by atoms with van der Waals surface area (Å²) in [5.41, 5.74) is 1.24. The van der Waals surface area contributed by atoms with Crippen molar-refractivity contribution in [2.75, 3.05) is 19.6 Å². The zero-order valence-corrected chi connectivity index (χ0v) is 15.5. The molecule has 0 radical (unpaired) electrons. The van der Waals surface area contributed by atoms with Gasteiger partial charge in [0.15, 0.2) is 0 Å². The Bertz CT molecular complexity index is 679. The molecule has 2 aliphatic rings. The minimum absolute atomic E-state index is 0.131. The predicted molar refractivity (Wildman–Crippen MR) is 100 cm³/mol. The first-order valence-electron chi connectivity index (χ1n) is 9.69. The molecule has 1 unspecified atom stereocenters. The number of benzene rings is 1. The molecule has 2 atom stereocenters. The maximum atomic E-state index is 12.8. The van der Waals surface area contributed by atoms with Gasteiger partial charge in [-0.3, -0.25) is 14.5 Å². The van der Waals surface area contributed by atoms with E-state index in [9.17, 15) is 19.5 Å². The van der Waals surface area contributed by atoms with E-state index in [0.29, 0.717) is 38.9 Å². The highest BCUT2D eigenvalue weighted by atomic mass is 16.4. The molecule has 2 heterocycles. The van der Waals surface area contributed by atoms with E-state index in [1.165, 1.54) is 10.5 Å². The summed E-state index contributed by atoms with van der Waals surface area (Å²) in [4.78, 5) is 39.5. The molecule has 0 saturated carbocycles. The second-order valence-corrected chi connectivity index (χ2v) is 7.20. The van der Waals surface area contributed by atoms with Gasteiger partial charge in [0.05, 0.1) is 0 Å². The molecule has 0 spiro atoms. The fraction of sp³-hybridized carbons (Fsp3) is 0.550. The number of nitrogens with one attached hydrogen (secondary N) is 1. The van der Waals surface area contributed by atoms with Gasteiger partial charge in [-0.2, -0.15) is 0 Å². The molecule has 0 aromatic heterocycles. The summed E-state index contributed by atoms with van der Waals surface area (Å²) in [6.07, 6.45) is 3.30. The third-order valence-electron chi connectivity index (χ3n) is 5.41. The van der Waals surface area contributed by atoms with Crippen molar-refractivity contribution >= 4 is 17.9 Å². The molecular formula is C20H27N3O4. The van der Waals surface area contributed by atoms with Crippen molar-refractivity contribution in [2.45, 2.75) is 50.6 Å². The SMILES string of the molecule is O=C(NCCCc1ccccc1)[C@@H]1CCCN1C(=O)C1CCCN1C(=O)O. The molecular weight excluding hydrogens is 346 g/mol. The summed E-state index contributed by atoms with van der Waals surface area (Å²) in [5, 5.41) is 12.2. The minimum atomic E-state index is -1.06. The van der Waals surface area contributed by atoms with Crippen LogP contribution in [0.25, 0.3) is 0 Å². The van der Waals surface area contributed by atoms with E-state index in [1.54, 1.807) is 4.90 Å². The van der Waals surface area contributed by atoms with Crippen LogP contribution in [0.5, 0.6) is 0 Å². The van der Waals surface area contributed by atoms with Gasteiger partial charge in [-0.25, -0.2) is 4.79 Å². The number of hydrogen-bond donors (Lipinski definition) is 2. The number of aryl methyl sites for hydroxylation is 1. The van der Waals surface area contributed by atoms with E-state index in [2.05, 4.69) is 17.4 Å². The van der Waals surface area contributed by atoms with Gasteiger partial charge >= 0.3 is 6.09 Å². The number of carbonyl (C=O) groups excluding carboxylic acids is 2. The highest BCUT2D eigenvalue weighted by Gasteiger charge is 2.41. The molecule has 2 saturated heterocycles. The largest absolute Gasteiger partial charge is 0.465 e. The second-order valence-electron chi connectivity index (χ2n) is 7.20. The van der Waals surface area contributed by atoms with Crippen molar-refractivity contribution in [1.82, 2.24) is 15.1 Å². The van der Waals surface area contributed by atoms with Crippen LogP contribution in [-0.2, 0) is 16.0 Å². The van der Waals surface area contributed by atoms with Crippen molar-refractivity contribution in [3.63, 3.8) is 0 Å². The van der Waals surface area contributed by atoms with Crippen LogP contribution in [0.3, 0.4) is 0 Å². The number of hydrogen-bond acceptors (Lipinski definition) is 3. The second kappa shape index (κ2) is 8.88. The monoisotopic (exact) mass is 373 g/mol. The van der Waals surface area contributed by atoms with Gasteiger partial charge in [0.2, 0.25) is 11.8 Å². The first-order chi connectivity index (χ1) is 13.1. The third-order valence-corrected chi connectivity index (χ3v) is 5.41. The van der Waals surface area contributed by atoms with E-state index in [1.807, 2.05) is 18.2 Å². The van der Waals surface area contributed by atoms with E-state index in [4.69, 9.17) is 0 Å². The van der Waals surface area contributed by atoms with E-state index < -0.39 is 18.2 Å². The molecule has 2 fully saturated rings. The lowest BCUT2D eigenvalue weighted by Crippen LogP contribution is -2.52. The van der Waals surface area contributed by atoms with Crippen molar-refractivity contribution in [1.29, 1.82) is 0 Å². The Hall–Kier alpha value is -2.57. The summed E-state index contributed by atoms with van der Waals surface area (Å²) in [6, 6.07) is 8.98. The normalized spacial score (nSPS) is 22.1. The fourth-order valence-corrected chi connectivity index (χ4v) is 4.01. The molecule has 3 amide bonds. The lowest BCUT2D eigenvalue weighted by molar-refractivity contribution is -0.141. The van der Waals surface area contributed by atoms with Crippen LogP contribution < -0.4 is 5.32 Å². The van der Waals surface area contributed by atoms with Crippen molar-refractivity contribution in [3.05, 3.63) is 35.9 Å². The van der Waals surface area contributed by atoms with Gasteiger partial charge in [0, 0.05) is 19.6 Å². The lowest BCUT2D eigenvalue weighted by atomic mass is 10.1. The zero-order chi connectivity index (χ0) is 19.2. The first kappa shape index (κ1) is 19.2. The average molecular weight is 373 g/mol. The van der Waals surface area contributed by atoms with Gasteiger partial charge in [-0.15, -0.1) is 0 Å². The number of rotatable bonds is 6. The molecule has 3 rings (SSSR count). The predicted octanol–water partition coefficient (Wildman–Crippen LogP) is 1.87. The van der Waals surface area contributed by atoms with E-state index >= 15 is 0 Å². The Kier molecular flexibility index (Phi) is 6.32. The van der Waals surface area contributed by atoms with Crippen LogP contribution in [0, 0.1) is 0 Å². The molecule has 2 N–H and O–H groups in total. The quantitative estimate of drug-likeness (QED) is 0.745. The van der Waals surface area contributed by atoms with Crippen molar-refractivity contribution < 1.29 is 19.5 Å². The molecule has 0 aliphatic carbocycles. The number of nitrogens with zero attached hydrogens (tertiary/aromatic N) is 2. The van der Waals surface area contributed by atoms with Crippen molar-refractivity contribution in [2.24, 2.45) is 0 Å². The molecule has 7 heteroatoms. The molecule has 27 heavy (non-hydrogen) atoms. The first-order valence-corrected chi connectivity index (χ1v) is 9.69. The zero-order valence-electron chi connectivity index (χ0n) is 15.5. The Balaban J connectivity index is 1.50. The Morgan fingerprint density at radius 1 is 1.00 bits per heavy atom. The van der Waals surface area contributed by atoms with E-state index in [0.717, 1.165) is 19.3 Å². The maximum Gasteiger partial charge on any atom is 0.407 e. The average Bonchev–Trinajstić information content (AvgIpc) is 3.35. The number of carboxylic acid groups (broad SMARTS) is 1. The van der Waals surface area contributed by atoms with Gasteiger partial charge < -0.3 is 15.3 Å². The summed E-state index contributed by atoms with van der Waals surface area (Å²) in [6.45, 7) is 1.47. The lowest BCUT2D eigenvalue weighted by Gasteiger charge is -2.29. The molecule has 1 aromatic carbocycles. The third kappa shape index (κ3) is 4.59. The van der Waals surface area contributed by atoms with Crippen LogP contribution in [0.1, 0.15) is 37.7 Å². The molecule has 7 nitrogen and oxygen atoms in total. The van der Waals surface area contributed by atoms with Gasteiger partial charge in [0.25, 0.3) is 0 Å². The Morgan fingerprint density at radius 2 is 1.67 bits per heavy atom. The maximum absolute atomic E-state index is 12.8. The smallest absolute Gasteiger partial charge is 0.407 e. The van der Waals surface area contributed by atoms with Crippen LogP contribution in [0.4, 0.5) is 4.79 Å².